The van der Waals surface area contributed by atoms with Crippen molar-refractivity contribution in [1.29, 1.82) is 0 Å². The van der Waals surface area contributed by atoms with Crippen molar-refractivity contribution < 1.29 is 9.59 Å². The smallest absolute Gasteiger partial charge is 0.248 e. The first-order valence-corrected chi connectivity index (χ1v) is 7.24. The van der Waals surface area contributed by atoms with Gasteiger partial charge in [-0.3, -0.25) is 9.59 Å². The number of amides is 2. The van der Waals surface area contributed by atoms with Gasteiger partial charge in [0.15, 0.2) is 5.13 Å². The summed E-state index contributed by atoms with van der Waals surface area (Å²) in [6.45, 7) is 1.30. The normalized spacial score (nSPS) is 16.8. The fraction of sp³-hybridized carbons (Fsp3) is 0.583. The van der Waals surface area contributed by atoms with Gasteiger partial charge in [0.05, 0.1) is 0 Å². The van der Waals surface area contributed by atoms with Crippen LogP contribution in [0.2, 0.25) is 0 Å². The monoisotopic (exact) mass is 354 g/mol. The third-order valence-electron chi connectivity index (χ3n) is 3.13. The van der Waals surface area contributed by atoms with Crippen molar-refractivity contribution in [3.05, 3.63) is 11.6 Å². The van der Waals surface area contributed by atoms with Crippen LogP contribution in [0.5, 0.6) is 0 Å². The molecule has 1 saturated heterocycles. The molecule has 0 saturated carbocycles. The van der Waals surface area contributed by atoms with E-state index in [1.807, 2.05) is 7.05 Å². The van der Waals surface area contributed by atoms with Gasteiger partial charge in [-0.2, -0.15) is 0 Å². The predicted molar refractivity (Wildman–Crippen MR) is 88.5 cm³/mol. The lowest BCUT2D eigenvalue weighted by atomic mass is 10.2. The van der Waals surface area contributed by atoms with Crippen LogP contribution in [0.4, 0.5) is 5.13 Å². The van der Waals surface area contributed by atoms with Gasteiger partial charge in [-0.25, -0.2) is 4.98 Å². The van der Waals surface area contributed by atoms with E-state index in [2.05, 4.69) is 15.6 Å². The van der Waals surface area contributed by atoms with E-state index >= 15 is 0 Å². The molecule has 1 atom stereocenters. The molecule has 1 fully saturated rings. The van der Waals surface area contributed by atoms with E-state index in [1.165, 1.54) is 11.3 Å². The van der Waals surface area contributed by atoms with Gasteiger partial charge in [-0.05, 0) is 19.9 Å². The minimum atomic E-state index is -0.353. The molecule has 1 aliphatic rings. The van der Waals surface area contributed by atoms with Crippen molar-refractivity contribution in [2.75, 3.05) is 25.5 Å². The minimum Gasteiger partial charge on any atom is -0.331 e. The zero-order valence-corrected chi connectivity index (χ0v) is 14.2. The fourth-order valence-electron chi connectivity index (χ4n) is 2.19. The maximum Gasteiger partial charge on any atom is 0.248 e. The van der Waals surface area contributed by atoms with Crippen molar-refractivity contribution in [3.8, 4) is 0 Å². The van der Waals surface area contributed by atoms with E-state index in [-0.39, 0.29) is 42.7 Å². The molecule has 21 heavy (non-hydrogen) atoms. The minimum absolute atomic E-state index is 0. The van der Waals surface area contributed by atoms with Gasteiger partial charge in [0.2, 0.25) is 11.8 Å². The predicted octanol–water partition coefficient (Wildman–Crippen LogP) is 1.53. The van der Waals surface area contributed by atoms with Crippen molar-refractivity contribution in [2.45, 2.75) is 25.3 Å². The van der Waals surface area contributed by atoms with E-state index in [0.717, 1.165) is 12.8 Å². The summed E-state index contributed by atoms with van der Waals surface area (Å²) in [6, 6.07) is -0.353. The third-order valence-corrected chi connectivity index (χ3v) is 3.82. The Morgan fingerprint density at radius 3 is 2.86 bits per heavy atom. The van der Waals surface area contributed by atoms with Crippen LogP contribution in [0.25, 0.3) is 0 Å². The molecule has 120 valence electrons. The second-order valence-electron chi connectivity index (χ2n) is 4.43. The summed E-state index contributed by atoms with van der Waals surface area (Å²) >= 11 is 1.38. The number of likely N-dealkylation sites (tertiary alicyclic amines) is 1. The molecule has 1 aliphatic heterocycles. The second kappa shape index (κ2) is 9.94. The van der Waals surface area contributed by atoms with E-state index in [9.17, 15) is 9.59 Å². The molecule has 6 nitrogen and oxygen atoms in total. The summed E-state index contributed by atoms with van der Waals surface area (Å²) in [5.41, 5.74) is 0. The highest BCUT2D eigenvalue weighted by atomic mass is 35.5. The molecule has 0 radical (unpaired) electrons. The maximum atomic E-state index is 12.1. The standard InChI is InChI=1S/C12H18N4O2S.2ClH/c1-13-5-4-10(17)16-7-2-3-9(16)11(18)15-12-14-6-8-19-12;;/h6,8-9,13H,2-5,7H2,1H3,(H,14,15,18);2*1H. The molecule has 9 heteroatoms. The summed E-state index contributed by atoms with van der Waals surface area (Å²) < 4.78 is 0. The van der Waals surface area contributed by atoms with Crippen molar-refractivity contribution in [1.82, 2.24) is 15.2 Å². The molecular weight excluding hydrogens is 335 g/mol. The Bertz CT molecular complexity index is 444. The zero-order valence-electron chi connectivity index (χ0n) is 11.7. The molecule has 2 rings (SSSR count). The molecule has 0 bridgehead atoms. The Kier molecular flexibility index (Phi) is 9.52. The second-order valence-corrected chi connectivity index (χ2v) is 5.32. The molecule has 2 heterocycles. The van der Waals surface area contributed by atoms with Gasteiger partial charge >= 0.3 is 0 Å². The van der Waals surface area contributed by atoms with E-state index in [0.29, 0.717) is 24.6 Å². The van der Waals surface area contributed by atoms with Gasteiger partial charge in [-0.15, -0.1) is 36.2 Å². The van der Waals surface area contributed by atoms with E-state index in [4.69, 9.17) is 0 Å². The number of thiazole rings is 1. The topological polar surface area (TPSA) is 74.3 Å². The van der Waals surface area contributed by atoms with Gasteiger partial charge in [0.1, 0.15) is 6.04 Å². The first-order chi connectivity index (χ1) is 9.22. The van der Waals surface area contributed by atoms with Crippen molar-refractivity contribution in [2.24, 2.45) is 0 Å². The van der Waals surface area contributed by atoms with E-state index in [1.54, 1.807) is 16.5 Å². The van der Waals surface area contributed by atoms with Gasteiger partial charge in [-0.1, -0.05) is 0 Å². The number of hydrogen-bond acceptors (Lipinski definition) is 5. The number of halogens is 2. The Morgan fingerprint density at radius 2 is 2.24 bits per heavy atom. The number of rotatable bonds is 5. The lowest BCUT2D eigenvalue weighted by Crippen LogP contribution is -2.43. The van der Waals surface area contributed by atoms with Crippen LogP contribution in [0.1, 0.15) is 19.3 Å². The Balaban J connectivity index is 0.00000200. The highest BCUT2D eigenvalue weighted by Gasteiger charge is 2.33. The van der Waals surface area contributed by atoms with Crippen LogP contribution in [-0.4, -0.2) is 47.9 Å². The Morgan fingerprint density at radius 1 is 1.48 bits per heavy atom. The molecule has 1 aromatic heterocycles. The average Bonchev–Trinajstić information content (AvgIpc) is 3.05. The fourth-order valence-corrected chi connectivity index (χ4v) is 2.72. The largest absolute Gasteiger partial charge is 0.331 e. The number of nitrogens with zero attached hydrogens (tertiary/aromatic N) is 2. The third kappa shape index (κ3) is 5.43. The summed E-state index contributed by atoms with van der Waals surface area (Å²) in [5, 5.41) is 8.10. The highest BCUT2D eigenvalue weighted by Crippen LogP contribution is 2.20. The van der Waals surface area contributed by atoms with Gasteiger partial charge in [0, 0.05) is 31.1 Å². The summed E-state index contributed by atoms with van der Waals surface area (Å²) in [7, 11) is 1.81. The SMILES string of the molecule is CNCCC(=O)N1CCCC1C(=O)Nc1nccs1.Cl.Cl. The number of hydrogen-bond donors (Lipinski definition) is 2. The van der Waals surface area contributed by atoms with Crippen molar-refractivity contribution >= 4 is 53.1 Å². The Hall–Kier alpha value is -0.890. The number of anilines is 1. The molecular formula is C12H20Cl2N4O2S. The number of carbonyl (C=O) groups excluding carboxylic acids is 2. The summed E-state index contributed by atoms with van der Waals surface area (Å²) in [6.07, 6.45) is 3.67. The molecule has 0 spiro atoms. The molecule has 2 amide bonds. The van der Waals surface area contributed by atoms with E-state index < -0.39 is 0 Å². The quantitative estimate of drug-likeness (QED) is 0.840. The van der Waals surface area contributed by atoms with Crippen LogP contribution in [0.3, 0.4) is 0 Å². The number of nitrogens with one attached hydrogen (secondary N) is 2. The number of aromatic nitrogens is 1. The van der Waals surface area contributed by atoms with Crippen molar-refractivity contribution in [3.63, 3.8) is 0 Å². The lowest BCUT2D eigenvalue weighted by Gasteiger charge is -2.23. The molecule has 1 unspecified atom stereocenters. The first-order valence-electron chi connectivity index (χ1n) is 6.37. The molecule has 2 N–H and O–H groups in total. The summed E-state index contributed by atoms with van der Waals surface area (Å²) in [4.78, 5) is 29.9. The molecule has 0 aliphatic carbocycles. The van der Waals surface area contributed by atoms with Crippen LogP contribution >= 0.6 is 36.2 Å². The Labute approximate surface area is 140 Å². The number of carbonyl (C=O) groups is 2. The van der Waals surface area contributed by atoms with Crippen LogP contribution in [0, 0.1) is 0 Å². The maximum absolute atomic E-state index is 12.1. The zero-order chi connectivity index (χ0) is 13.7. The lowest BCUT2D eigenvalue weighted by molar-refractivity contribution is -0.136. The molecule has 1 aromatic rings. The average molecular weight is 355 g/mol. The summed E-state index contributed by atoms with van der Waals surface area (Å²) in [5.74, 6) is -0.101. The van der Waals surface area contributed by atoms with Gasteiger partial charge in [0.25, 0.3) is 0 Å². The van der Waals surface area contributed by atoms with Gasteiger partial charge < -0.3 is 15.5 Å². The van der Waals surface area contributed by atoms with Crippen LogP contribution < -0.4 is 10.6 Å². The van der Waals surface area contributed by atoms with Crippen LogP contribution in [-0.2, 0) is 9.59 Å². The van der Waals surface area contributed by atoms with Crippen LogP contribution in [0.15, 0.2) is 11.6 Å². The molecule has 0 aromatic carbocycles. The highest BCUT2D eigenvalue weighted by molar-refractivity contribution is 7.13. The first kappa shape index (κ1) is 20.1.